The number of Topliss-reactive ketones (excluding diaryl/α,β-unsaturated/α-hetero) is 1. The van der Waals surface area contributed by atoms with Gasteiger partial charge in [0.05, 0.1) is 28.9 Å². The van der Waals surface area contributed by atoms with Crippen molar-refractivity contribution in [2.24, 2.45) is 11.8 Å². The van der Waals surface area contributed by atoms with E-state index in [2.05, 4.69) is 75.8 Å². The molecule has 0 saturated carbocycles. The molecule has 2 aromatic carbocycles. The van der Waals surface area contributed by atoms with Crippen LogP contribution >= 0.6 is 27.3 Å². The first-order valence-corrected chi connectivity index (χ1v) is 18.1. The number of aliphatic carboxylic acids is 1. The first-order chi connectivity index (χ1) is 22.9. The molecule has 4 heterocycles. The number of carbonyl (C=O) groups is 3. The predicted octanol–water partition coefficient (Wildman–Crippen LogP) is 7.62. The Balaban J connectivity index is 1.10. The number of carboxylic acids is 1. The summed E-state index contributed by atoms with van der Waals surface area (Å²) in [4.78, 5) is 53.3. The van der Waals surface area contributed by atoms with Crippen LogP contribution in [0.2, 0.25) is 0 Å². The molecule has 1 unspecified atom stereocenters. The van der Waals surface area contributed by atoms with Crippen LogP contribution in [-0.2, 0) is 21.4 Å². The molecule has 0 aliphatic carbocycles. The summed E-state index contributed by atoms with van der Waals surface area (Å²) >= 11 is 5.00. The summed E-state index contributed by atoms with van der Waals surface area (Å²) in [6.07, 6.45) is 6.41. The fourth-order valence-electron chi connectivity index (χ4n) is 6.45. The number of carboxylic acid groups (broad SMARTS) is 1. The molecule has 0 radical (unpaired) electrons. The van der Waals surface area contributed by atoms with Crippen LogP contribution < -0.4 is 4.90 Å². The lowest BCUT2D eigenvalue weighted by atomic mass is 9.89. The van der Waals surface area contributed by atoms with Gasteiger partial charge in [-0.05, 0) is 66.0 Å². The molecule has 0 bridgehead atoms. The number of halogens is 1. The Kier molecular flexibility index (Phi) is 10.1. The number of thiophene rings is 1. The van der Waals surface area contributed by atoms with Crippen molar-refractivity contribution in [3.8, 4) is 11.4 Å². The third-order valence-electron chi connectivity index (χ3n) is 9.48. The molecule has 6 rings (SSSR count). The molecule has 1 amide bonds. The van der Waals surface area contributed by atoms with Gasteiger partial charge >= 0.3 is 5.97 Å². The van der Waals surface area contributed by atoms with Gasteiger partial charge in [-0.3, -0.25) is 14.4 Å². The van der Waals surface area contributed by atoms with Crippen molar-refractivity contribution in [3.05, 3.63) is 98.4 Å². The molecule has 4 aromatic rings. The quantitative estimate of drug-likeness (QED) is 0.168. The second-order valence-corrected chi connectivity index (χ2v) is 16.0. The average Bonchev–Trinajstić information content (AvgIpc) is 3.56. The van der Waals surface area contributed by atoms with Crippen LogP contribution in [0.15, 0.2) is 77.5 Å². The smallest absolute Gasteiger partial charge is 0.310 e. The van der Waals surface area contributed by atoms with E-state index in [1.165, 1.54) is 16.9 Å². The molecular formula is C38H41BrN4O4S. The molecule has 2 saturated heterocycles. The van der Waals surface area contributed by atoms with Gasteiger partial charge in [0, 0.05) is 53.4 Å². The minimum atomic E-state index is -0.896. The van der Waals surface area contributed by atoms with E-state index in [9.17, 15) is 19.5 Å². The van der Waals surface area contributed by atoms with E-state index in [0.29, 0.717) is 23.0 Å². The number of anilines is 1. The van der Waals surface area contributed by atoms with E-state index >= 15 is 0 Å². The molecular weight excluding hydrogens is 688 g/mol. The summed E-state index contributed by atoms with van der Waals surface area (Å²) < 4.78 is 1.10. The van der Waals surface area contributed by atoms with Crippen molar-refractivity contribution >= 4 is 50.6 Å². The SMILES string of the molecule is CC(C)(C)c1ccc(C(=O)CC(Cc2ccc(-c3ncc(N4CCC(c5ccc(Br)cc5)CC4)cn3)cc2)C(=O)N2CC(C(=O)O)C2)s1. The van der Waals surface area contributed by atoms with E-state index in [-0.39, 0.29) is 36.6 Å². The van der Waals surface area contributed by atoms with Crippen molar-refractivity contribution in [1.29, 1.82) is 0 Å². The third-order valence-corrected chi connectivity index (χ3v) is 11.6. The van der Waals surface area contributed by atoms with Crippen LogP contribution in [0.1, 0.15) is 71.6 Å². The maximum Gasteiger partial charge on any atom is 0.310 e. The number of piperidine rings is 1. The molecule has 0 spiro atoms. The predicted molar refractivity (Wildman–Crippen MR) is 193 cm³/mol. The number of hydrogen-bond acceptors (Lipinski definition) is 7. The molecule has 2 aromatic heterocycles. The fraction of sp³-hybridized carbons (Fsp3) is 0.395. The summed E-state index contributed by atoms with van der Waals surface area (Å²) in [5, 5.41) is 9.32. The largest absolute Gasteiger partial charge is 0.481 e. The highest BCUT2D eigenvalue weighted by atomic mass is 79.9. The van der Waals surface area contributed by atoms with Gasteiger partial charge in [0.15, 0.2) is 11.6 Å². The number of carbonyl (C=O) groups excluding carboxylic acids is 2. The second-order valence-electron chi connectivity index (χ2n) is 14.0. The number of benzene rings is 2. The topological polar surface area (TPSA) is 104 Å². The minimum absolute atomic E-state index is 0.0631. The summed E-state index contributed by atoms with van der Waals surface area (Å²) in [5.74, 6) is -1.07. The molecule has 1 atom stereocenters. The van der Waals surface area contributed by atoms with Crippen LogP contribution in [0, 0.1) is 11.8 Å². The Labute approximate surface area is 294 Å². The normalized spacial score (nSPS) is 16.4. The van der Waals surface area contributed by atoms with Crippen molar-refractivity contribution in [2.75, 3.05) is 31.1 Å². The lowest BCUT2D eigenvalue weighted by Crippen LogP contribution is -2.55. The number of aromatic nitrogens is 2. The highest BCUT2D eigenvalue weighted by Crippen LogP contribution is 2.33. The lowest BCUT2D eigenvalue weighted by Gasteiger charge is -2.38. The number of hydrogen-bond donors (Lipinski definition) is 1. The Hall–Kier alpha value is -3.89. The zero-order valence-corrected chi connectivity index (χ0v) is 30.0. The van der Waals surface area contributed by atoms with Crippen LogP contribution in [-0.4, -0.2) is 63.8 Å². The van der Waals surface area contributed by atoms with E-state index < -0.39 is 17.8 Å². The lowest BCUT2D eigenvalue weighted by molar-refractivity contribution is -0.154. The van der Waals surface area contributed by atoms with Gasteiger partial charge < -0.3 is 14.9 Å². The van der Waals surface area contributed by atoms with E-state index in [4.69, 9.17) is 0 Å². The van der Waals surface area contributed by atoms with Crippen molar-refractivity contribution < 1.29 is 19.5 Å². The number of amides is 1. The molecule has 48 heavy (non-hydrogen) atoms. The van der Waals surface area contributed by atoms with Crippen LogP contribution in [0.5, 0.6) is 0 Å². The summed E-state index contributed by atoms with van der Waals surface area (Å²) in [5.41, 5.74) is 4.14. The van der Waals surface area contributed by atoms with Gasteiger partial charge in [0.2, 0.25) is 5.91 Å². The first-order valence-electron chi connectivity index (χ1n) is 16.5. The molecule has 8 nitrogen and oxygen atoms in total. The second kappa shape index (κ2) is 14.3. The number of likely N-dealkylation sites (tertiary alicyclic amines) is 1. The third kappa shape index (κ3) is 7.87. The zero-order chi connectivity index (χ0) is 34.0. The Morgan fingerprint density at radius 1 is 0.938 bits per heavy atom. The molecule has 2 fully saturated rings. The maximum absolute atomic E-state index is 13.5. The summed E-state index contributed by atoms with van der Waals surface area (Å²) in [6, 6.07) is 20.3. The zero-order valence-electron chi connectivity index (χ0n) is 27.6. The molecule has 2 aliphatic rings. The Bertz CT molecular complexity index is 1750. The number of ketones is 1. The number of rotatable bonds is 10. The molecule has 10 heteroatoms. The van der Waals surface area contributed by atoms with Crippen molar-refractivity contribution in [1.82, 2.24) is 14.9 Å². The fourth-order valence-corrected chi connectivity index (χ4v) is 7.73. The van der Waals surface area contributed by atoms with Gasteiger partial charge in [0.1, 0.15) is 0 Å². The Morgan fingerprint density at radius 2 is 1.58 bits per heavy atom. The van der Waals surface area contributed by atoms with Gasteiger partial charge in [-0.1, -0.05) is 73.1 Å². The van der Waals surface area contributed by atoms with Gasteiger partial charge in [-0.15, -0.1) is 11.3 Å². The molecule has 1 N–H and O–H groups in total. The number of nitrogens with zero attached hydrogens (tertiary/aromatic N) is 4. The van der Waals surface area contributed by atoms with E-state index in [0.717, 1.165) is 52.1 Å². The van der Waals surface area contributed by atoms with Crippen LogP contribution in [0.4, 0.5) is 5.69 Å². The minimum Gasteiger partial charge on any atom is -0.481 e. The maximum atomic E-state index is 13.5. The van der Waals surface area contributed by atoms with Gasteiger partial charge in [-0.25, -0.2) is 9.97 Å². The van der Waals surface area contributed by atoms with Gasteiger partial charge in [-0.2, -0.15) is 0 Å². The van der Waals surface area contributed by atoms with E-state index in [1.807, 2.05) is 48.8 Å². The molecule has 250 valence electrons. The highest BCUT2D eigenvalue weighted by Gasteiger charge is 2.39. The van der Waals surface area contributed by atoms with Crippen LogP contribution in [0.3, 0.4) is 0 Å². The van der Waals surface area contributed by atoms with Crippen molar-refractivity contribution in [3.63, 3.8) is 0 Å². The van der Waals surface area contributed by atoms with E-state index in [1.54, 1.807) is 4.90 Å². The summed E-state index contributed by atoms with van der Waals surface area (Å²) in [7, 11) is 0. The monoisotopic (exact) mass is 728 g/mol. The summed E-state index contributed by atoms with van der Waals surface area (Å²) in [6.45, 7) is 8.61. The van der Waals surface area contributed by atoms with Crippen molar-refractivity contribution in [2.45, 2.75) is 57.8 Å². The Morgan fingerprint density at radius 3 is 2.17 bits per heavy atom. The standard InChI is InChI=1S/C38H41BrN4O4S/c1-38(2,3)34-13-12-33(48-34)32(44)19-28(36(45)43-22-29(23-43)37(46)47)18-24-4-6-27(7-5-24)35-40-20-31(21-41-35)42-16-14-26(15-17-42)25-8-10-30(39)11-9-25/h4-13,20-21,26,28-29H,14-19,22-23H2,1-3H3,(H,46,47). The molecule has 2 aliphatic heterocycles. The van der Waals surface area contributed by atoms with Gasteiger partial charge in [0.25, 0.3) is 0 Å². The highest BCUT2D eigenvalue weighted by molar-refractivity contribution is 9.10. The average molecular weight is 730 g/mol. The van der Waals surface area contributed by atoms with Crippen LogP contribution in [0.25, 0.3) is 11.4 Å². The first kappa shape index (κ1) is 34.0.